The van der Waals surface area contributed by atoms with E-state index in [9.17, 15) is 0 Å². The topological polar surface area (TPSA) is 46.6 Å². The number of hydrogen-bond donors (Lipinski definition) is 1. The lowest BCUT2D eigenvalue weighted by molar-refractivity contribution is 0.516. The number of benzene rings is 8. The second kappa shape index (κ2) is 13.1. The van der Waals surface area contributed by atoms with Crippen molar-refractivity contribution in [3.8, 4) is 27.9 Å². The molecule has 1 unspecified atom stereocenters. The van der Waals surface area contributed by atoms with E-state index in [1.807, 2.05) is 24.3 Å². The molecule has 5 heteroatoms. The molecule has 0 spiro atoms. The van der Waals surface area contributed by atoms with E-state index in [4.69, 9.17) is 9.98 Å². The maximum atomic E-state index is 5.36. The molecule has 0 saturated carbocycles. The lowest BCUT2D eigenvalue weighted by atomic mass is 9.95. The van der Waals surface area contributed by atoms with Crippen molar-refractivity contribution in [3.05, 3.63) is 211 Å². The van der Waals surface area contributed by atoms with Gasteiger partial charge in [0.05, 0.1) is 27.8 Å². The second-order valence-corrected chi connectivity index (χ2v) is 14.2. The van der Waals surface area contributed by atoms with E-state index in [0.29, 0.717) is 5.84 Å². The summed E-state index contributed by atoms with van der Waals surface area (Å²) in [4.78, 5) is 10.4. The van der Waals surface area contributed by atoms with Crippen LogP contribution in [0.2, 0.25) is 0 Å². The quantitative estimate of drug-likeness (QED) is 0.183. The Hall–Kier alpha value is -7.50. The van der Waals surface area contributed by atoms with E-state index in [-0.39, 0.29) is 0 Å². The van der Waals surface area contributed by atoms with Crippen molar-refractivity contribution in [1.82, 2.24) is 14.5 Å². The number of amidine groups is 2. The molecule has 0 saturated heterocycles. The summed E-state index contributed by atoms with van der Waals surface area (Å²) in [6.45, 7) is 0. The average molecular weight is 718 g/mol. The Morgan fingerprint density at radius 1 is 0.411 bits per heavy atom. The molecule has 0 amide bonds. The van der Waals surface area contributed by atoms with Gasteiger partial charge in [0.15, 0.2) is 5.84 Å². The first-order valence-electron chi connectivity index (χ1n) is 19.0. The highest BCUT2D eigenvalue weighted by Crippen LogP contribution is 2.45. The Morgan fingerprint density at radius 2 is 0.946 bits per heavy atom. The SMILES string of the molecule is c1ccc(C2=NC(n3c4ccccc4c4c5c(ccc43)c3ccccc3n5-c3c(-c4ccccc4)cccc3-c3ccccc3)NC(c3ccccc3)=N2)cc1. The van der Waals surface area contributed by atoms with Crippen molar-refractivity contribution in [2.45, 2.75) is 6.29 Å². The minimum absolute atomic E-state index is 0.466. The molecular formula is C51H35N5. The number of aliphatic imine (C=N–C) groups is 2. The van der Waals surface area contributed by atoms with Gasteiger partial charge in [-0.1, -0.05) is 182 Å². The number of rotatable bonds is 6. The largest absolute Gasteiger partial charge is 0.331 e. The van der Waals surface area contributed by atoms with Crippen molar-refractivity contribution in [2.75, 3.05) is 0 Å². The first-order valence-corrected chi connectivity index (χ1v) is 19.0. The zero-order valence-corrected chi connectivity index (χ0v) is 30.4. The van der Waals surface area contributed by atoms with Crippen molar-refractivity contribution in [3.63, 3.8) is 0 Å². The number of para-hydroxylation sites is 3. The van der Waals surface area contributed by atoms with Gasteiger partial charge in [0.25, 0.3) is 0 Å². The number of nitrogens with zero attached hydrogens (tertiary/aromatic N) is 4. The zero-order valence-electron chi connectivity index (χ0n) is 30.4. The van der Waals surface area contributed by atoms with Crippen molar-refractivity contribution < 1.29 is 0 Å². The molecule has 1 atom stereocenters. The van der Waals surface area contributed by atoms with E-state index in [0.717, 1.165) is 44.6 Å². The van der Waals surface area contributed by atoms with Crippen LogP contribution in [0.25, 0.3) is 71.6 Å². The van der Waals surface area contributed by atoms with E-state index < -0.39 is 6.29 Å². The van der Waals surface area contributed by atoms with Gasteiger partial charge in [-0.3, -0.25) is 0 Å². The number of aromatic nitrogens is 2. The Kier molecular flexibility index (Phi) is 7.49. The molecule has 1 N–H and O–H groups in total. The molecule has 2 aromatic heterocycles. The van der Waals surface area contributed by atoms with Crippen LogP contribution in [0.4, 0.5) is 0 Å². The first-order chi connectivity index (χ1) is 27.8. The van der Waals surface area contributed by atoms with Gasteiger partial charge in [-0.25, -0.2) is 9.98 Å². The van der Waals surface area contributed by atoms with Crippen LogP contribution in [0.3, 0.4) is 0 Å². The summed E-state index contributed by atoms with van der Waals surface area (Å²) >= 11 is 0. The molecule has 0 fully saturated rings. The maximum Gasteiger partial charge on any atom is 0.204 e. The molecule has 1 aliphatic rings. The van der Waals surface area contributed by atoms with Crippen LogP contribution in [0.1, 0.15) is 17.4 Å². The molecule has 0 aliphatic carbocycles. The number of nitrogens with one attached hydrogen (secondary N) is 1. The van der Waals surface area contributed by atoms with Gasteiger partial charge in [0, 0.05) is 43.8 Å². The fourth-order valence-corrected chi connectivity index (χ4v) is 8.55. The Morgan fingerprint density at radius 3 is 1.59 bits per heavy atom. The summed E-state index contributed by atoms with van der Waals surface area (Å²) in [6.07, 6.45) is -0.466. The summed E-state index contributed by atoms with van der Waals surface area (Å²) in [5.41, 5.74) is 12.3. The van der Waals surface area contributed by atoms with Crippen LogP contribution in [-0.4, -0.2) is 20.8 Å². The smallest absolute Gasteiger partial charge is 0.204 e. The molecule has 264 valence electrons. The van der Waals surface area contributed by atoms with Crippen molar-refractivity contribution in [1.29, 1.82) is 0 Å². The molecule has 8 aromatic carbocycles. The van der Waals surface area contributed by atoms with Crippen LogP contribution in [0.5, 0.6) is 0 Å². The highest BCUT2D eigenvalue weighted by atomic mass is 15.3. The molecule has 1 aliphatic heterocycles. The van der Waals surface area contributed by atoms with Gasteiger partial charge in [-0.15, -0.1) is 0 Å². The van der Waals surface area contributed by atoms with E-state index in [2.05, 4.69) is 190 Å². The van der Waals surface area contributed by atoms with Crippen LogP contribution in [-0.2, 0) is 0 Å². The molecule has 0 bridgehead atoms. The predicted octanol–water partition coefficient (Wildman–Crippen LogP) is 12.2. The number of fused-ring (bicyclic) bond motifs is 7. The average Bonchev–Trinajstić information content (AvgIpc) is 3.80. The van der Waals surface area contributed by atoms with Gasteiger partial charge < -0.3 is 14.5 Å². The Balaban J connectivity index is 1.25. The minimum Gasteiger partial charge on any atom is -0.331 e. The third-order valence-electron chi connectivity index (χ3n) is 11.0. The van der Waals surface area contributed by atoms with Gasteiger partial charge in [-0.05, 0) is 29.3 Å². The predicted molar refractivity (Wildman–Crippen MR) is 233 cm³/mol. The van der Waals surface area contributed by atoms with Crippen molar-refractivity contribution >= 4 is 55.3 Å². The summed E-state index contributed by atoms with van der Waals surface area (Å²) in [7, 11) is 0. The Bertz CT molecular complexity index is 3080. The van der Waals surface area contributed by atoms with Crippen LogP contribution in [0, 0.1) is 0 Å². The summed E-state index contributed by atoms with van der Waals surface area (Å²) in [5.74, 6) is 1.48. The molecule has 11 rings (SSSR count). The van der Waals surface area contributed by atoms with Crippen LogP contribution in [0.15, 0.2) is 210 Å². The van der Waals surface area contributed by atoms with E-state index in [1.54, 1.807) is 0 Å². The van der Waals surface area contributed by atoms with Gasteiger partial charge in [0.2, 0.25) is 6.29 Å². The van der Waals surface area contributed by atoms with E-state index >= 15 is 0 Å². The summed E-state index contributed by atoms with van der Waals surface area (Å²) in [5, 5.41) is 8.51. The van der Waals surface area contributed by atoms with Gasteiger partial charge in [-0.2, -0.15) is 0 Å². The molecule has 0 radical (unpaired) electrons. The number of hydrogen-bond acceptors (Lipinski definition) is 3. The molecular weight excluding hydrogens is 683 g/mol. The molecule has 3 heterocycles. The highest BCUT2D eigenvalue weighted by molar-refractivity contribution is 6.26. The fourth-order valence-electron chi connectivity index (χ4n) is 8.55. The summed E-state index contributed by atoms with van der Waals surface area (Å²) in [6, 6.07) is 71.0. The zero-order chi connectivity index (χ0) is 37.0. The first kappa shape index (κ1) is 32.0. The monoisotopic (exact) mass is 717 g/mol. The normalized spacial score (nSPS) is 14.2. The van der Waals surface area contributed by atoms with Crippen molar-refractivity contribution in [2.24, 2.45) is 9.98 Å². The highest BCUT2D eigenvalue weighted by Gasteiger charge is 2.28. The fraction of sp³-hybridized carbons (Fsp3) is 0.0196. The lowest BCUT2D eigenvalue weighted by Crippen LogP contribution is -2.36. The van der Waals surface area contributed by atoms with Gasteiger partial charge in [0.1, 0.15) is 5.84 Å². The van der Waals surface area contributed by atoms with Crippen LogP contribution >= 0.6 is 0 Å². The van der Waals surface area contributed by atoms with Crippen LogP contribution < -0.4 is 5.32 Å². The Labute approximate surface area is 324 Å². The molecule has 10 aromatic rings. The third kappa shape index (κ3) is 5.09. The minimum atomic E-state index is -0.466. The lowest BCUT2D eigenvalue weighted by Gasteiger charge is -2.26. The molecule has 56 heavy (non-hydrogen) atoms. The second-order valence-electron chi connectivity index (χ2n) is 14.2. The molecule has 5 nitrogen and oxygen atoms in total. The summed E-state index contributed by atoms with van der Waals surface area (Å²) < 4.78 is 4.88. The third-order valence-corrected chi connectivity index (χ3v) is 11.0. The maximum absolute atomic E-state index is 5.36. The standard InChI is InChI=1S/C51H35N5/c1-5-18-34(19-6-1)38-28-17-29-39(35-20-7-2-8-21-35)47(38)56-43-30-15-13-26-40(43)41-32-33-45-46(48(41)56)42-27-14-16-31-44(42)55(45)51-53-49(36-22-9-3-10-23-36)52-50(54-51)37-24-11-4-12-25-37/h1-33,51H,(H,52,53,54). The van der Waals surface area contributed by atoms with E-state index in [1.165, 1.54) is 43.9 Å². The van der Waals surface area contributed by atoms with Gasteiger partial charge >= 0.3 is 0 Å².